The summed E-state index contributed by atoms with van der Waals surface area (Å²) in [5.41, 5.74) is 1.20. The van der Waals surface area contributed by atoms with Crippen molar-refractivity contribution in [2.45, 2.75) is 11.7 Å². The Labute approximate surface area is 73.8 Å². The van der Waals surface area contributed by atoms with Crippen LogP contribution in [0.3, 0.4) is 0 Å². The first-order valence-corrected chi connectivity index (χ1v) is 5.53. The molecule has 58 valence electrons. The number of ketones is 1. The molecule has 3 heteroatoms. The fraction of sp³-hybridized carbons (Fsp3) is 0.375. The number of thioether (sulfide) groups is 1. The van der Waals surface area contributed by atoms with E-state index in [9.17, 15) is 4.79 Å². The summed E-state index contributed by atoms with van der Waals surface area (Å²) in [5.74, 6) is 1.40. The molecule has 1 fully saturated rings. The van der Waals surface area contributed by atoms with Crippen molar-refractivity contribution >= 4 is 28.9 Å². The highest BCUT2D eigenvalue weighted by Gasteiger charge is 2.26. The smallest absolute Gasteiger partial charge is 0.151 e. The maximum absolute atomic E-state index is 11.3. The van der Waals surface area contributed by atoms with Crippen molar-refractivity contribution in [1.29, 1.82) is 0 Å². The van der Waals surface area contributed by atoms with E-state index in [0.717, 1.165) is 12.2 Å². The molecule has 0 spiro atoms. The summed E-state index contributed by atoms with van der Waals surface area (Å²) < 4.78 is 0. The molecule has 1 aliphatic heterocycles. The number of hydrogen-bond acceptors (Lipinski definition) is 3. The lowest BCUT2D eigenvalue weighted by atomic mass is 10.1. The quantitative estimate of drug-likeness (QED) is 0.667. The van der Waals surface area contributed by atoms with Crippen LogP contribution < -0.4 is 0 Å². The minimum atomic E-state index is 0.154. The third-order valence-electron chi connectivity index (χ3n) is 1.77. The summed E-state index contributed by atoms with van der Waals surface area (Å²) in [5, 5.41) is 4.25. The third kappa shape index (κ3) is 1.35. The second kappa shape index (κ2) is 2.99. The molecule has 2 heterocycles. The van der Waals surface area contributed by atoms with Crippen molar-refractivity contribution < 1.29 is 4.79 Å². The monoisotopic (exact) mass is 184 g/mol. The number of carbonyl (C=O) groups excluding carboxylic acids is 1. The van der Waals surface area contributed by atoms with Crippen molar-refractivity contribution in [3.8, 4) is 0 Å². The Hall–Kier alpha value is -0.280. The van der Waals surface area contributed by atoms with Gasteiger partial charge in [-0.15, -0.1) is 11.8 Å². The molecule has 1 unspecified atom stereocenters. The number of carbonyl (C=O) groups is 1. The third-order valence-corrected chi connectivity index (χ3v) is 3.78. The van der Waals surface area contributed by atoms with Crippen LogP contribution in [-0.4, -0.2) is 11.5 Å². The fourth-order valence-electron chi connectivity index (χ4n) is 1.21. The Bertz CT molecular complexity index is 253. The van der Waals surface area contributed by atoms with E-state index in [1.165, 1.54) is 5.56 Å². The Balaban J connectivity index is 2.23. The molecule has 1 nitrogen and oxygen atoms in total. The molecule has 2 rings (SSSR count). The predicted octanol–water partition coefficient (Wildman–Crippen LogP) is 2.50. The van der Waals surface area contributed by atoms with Gasteiger partial charge in [-0.25, -0.2) is 0 Å². The van der Waals surface area contributed by atoms with Gasteiger partial charge in [0.25, 0.3) is 0 Å². The van der Waals surface area contributed by atoms with Crippen molar-refractivity contribution in [3.05, 3.63) is 22.4 Å². The molecule has 0 N–H and O–H groups in total. The number of Topliss-reactive ketones (excluding diaryl/α,β-unsaturated/α-hetero) is 1. The van der Waals surface area contributed by atoms with Crippen molar-refractivity contribution in [3.63, 3.8) is 0 Å². The molecular formula is C8H8OS2. The first-order chi connectivity index (χ1) is 5.38. The molecule has 11 heavy (non-hydrogen) atoms. The zero-order chi connectivity index (χ0) is 7.68. The first-order valence-electron chi connectivity index (χ1n) is 3.54. The van der Waals surface area contributed by atoms with E-state index in [1.807, 2.05) is 11.4 Å². The summed E-state index contributed by atoms with van der Waals surface area (Å²) in [6.45, 7) is 0. The molecule has 1 aliphatic rings. The Kier molecular flexibility index (Phi) is 2.00. The van der Waals surface area contributed by atoms with E-state index >= 15 is 0 Å². The van der Waals surface area contributed by atoms with Gasteiger partial charge < -0.3 is 0 Å². The van der Waals surface area contributed by atoms with Crippen LogP contribution in [0.5, 0.6) is 0 Å². The van der Waals surface area contributed by atoms with Gasteiger partial charge in [-0.2, -0.15) is 11.3 Å². The Morgan fingerprint density at radius 3 is 3.00 bits per heavy atom. The molecule has 1 saturated heterocycles. The molecule has 0 saturated carbocycles. The highest BCUT2D eigenvalue weighted by Crippen LogP contribution is 2.37. The van der Waals surface area contributed by atoms with Crippen LogP contribution in [0.15, 0.2) is 16.8 Å². The number of hydrogen-bond donors (Lipinski definition) is 0. The van der Waals surface area contributed by atoms with Gasteiger partial charge in [0.1, 0.15) is 0 Å². The second-order valence-corrected chi connectivity index (χ2v) is 4.52. The van der Waals surface area contributed by atoms with E-state index in [-0.39, 0.29) is 5.25 Å². The lowest BCUT2D eigenvalue weighted by Gasteiger charge is -2.01. The SMILES string of the molecule is O=C1CCSC1c1ccsc1. The van der Waals surface area contributed by atoms with Gasteiger partial charge >= 0.3 is 0 Å². The van der Waals surface area contributed by atoms with E-state index in [4.69, 9.17) is 0 Å². The zero-order valence-corrected chi connectivity index (χ0v) is 7.58. The molecule has 1 aromatic rings. The number of rotatable bonds is 1. The largest absolute Gasteiger partial charge is 0.298 e. The average Bonchev–Trinajstić information content (AvgIpc) is 2.55. The molecule has 1 aromatic heterocycles. The molecule has 1 atom stereocenters. The normalized spacial score (nSPS) is 24.4. The van der Waals surface area contributed by atoms with Crippen molar-refractivity contribution in [1.82, 2.24) is 0 Å². The van der Waals surface area contributed by atoms with Gasteiger partial charge in [0.05, 0.1) is 5.25 Å². The summed E-state index contributed by atoms with van der Waals surface area (Å²) in [6.07, 6.45) is 0.755. The summed E-state index contributed by atoms with van der Waals surface area (Å²) in [4.78, 5) is 11.3. The highest BCUT2D eigenvalue weighted by molar-refractivity contribution is 8.00. The lowest BCUT2D eigenvalue weighted by Crippen LogP contribution is -1.99. The van der Waals surface area contributed by atoms with Gasteiger partial charge in [-0.1, -0.05) is 0 Å². The summed E-state index contributed by atoms with van der Waals surface area (Å²) >= 11 is 3.43. The topological polar surface area (TPSA) is 17.1 Å². The summed E-state index contributed by atoms with van der Waals surface area (Å²) in [7, 11) is 0. The second-order valence-electron chi connectivity index (χ2n) is 2.52. The van der Waals surface area contributed by atoms with Gasteiger partial charge in [0, 0.05) is 12.2 Å². The van der Waals surface area contributed by atoms with E-state index in [2.05, 4.69) is 5.38 Å². The van der Waals surface area contributed by atoms with Crippen LogP contribution in [0, 0.1) is 0 Å². The van der Waals surface area contributed by atoms with Crippen molar-refractivity contribution in [2.24, 2.45) is 0 Å². The van der Waals surface area contributed by atoms with Crippen LogP contribution in [0.2, 0.25) is 0 Å². The average molecular weight is 184 g/mol. The van der Waals surface area contributed by atoms with E-state index < -0.39 is 0 Å². The van der Waals surface area contributed by atoms with E-state index in [0.29, 0.717) is 5.78 Å². The van der Waals surface area contributed by atoms with Crippen LogP contribution in [-0.2, 0) is 4.79 Å². The molecule has 0 bridgehead atoms. The number of thiophene rings is 1. The highest BCUT2D eigenvalue weighted by atomic mass is 32.2. The Morgan fingerprint density at radius 1 is 1.55 bits per heavy atom. The minimum Gasteiger partial charge on any atom is -0.298 e. The minimum absolute atomic E-state index is 0.154. The van der Waals surface area contributed by atoms with Crippen LogP contribution in [0.1, 0.15) is 17.2 Å². The fourth-order valence-corrected chi connectivity index (χ4v) is 3.18. The van der Waals surface area contributed by atoms with Gasteiger partial charge in [-0.05, 0) is 22.4 Å². The lowest BCUT2D eigenvalue weighted by molar-refractivity contribution is -0.117. The van der Waals surface area contributed by atoms with Gasteiger partial charge in [0.15, 0.2) is 5.78 Å². The maximum atomic E-state index is 11.3. The summed E-state index contributed by atoms with van der Waals surface area (Å²) in [6, 6.07) is 2.05. The zero-order valence-electron chi connectivity index (χ0n) is 5.95. The van der Waals surface area contributed by atoms with Gasteiger partial charge in [0.2, 0.25) is 0 Å². The molecular weight excluding hydrogens is 176 g/mol. The Morgan fingerprint density at radius 2 is 2.45 bits per heavy atom. The predicted molar refractivity (Wildman–Crippen MR) is 49.1 cm³/mol. The first kappa shape index (κ1) is 7.37. The van der Waals surface area contributed by atoms with Crippen LogP contribution in [0.4, 0.5) is 0 Å². The maximum Gasteiger partial charge on any atom is 0.151 e. The van der Waals surface area contributed by atoms with Crippen LogP contribution in [0.25, 0.3) is 0 Å². The van der Waals surface area contributed by atoms with Crippen molar-refractivity contribution in [2.75, 3.05) is 5.75 Å². The molecule has 0 amide bonds. The molecule has 0 aliphatic carbocycles. The molecule has 0 radical (unpaired) electrons. The molecule has 0 aromatic carbocycles. The van der Waals surface area contributed by atoms with Gasteiger partial charge in [-0.3, -0.25) is 4.79 Å². The van der Waals surface area contributed by atoms with E-state index in [1.54, 1.807) is 23.1 Å². The van der Waals surface area contributed by atoms with Crippen LogP contribution >= 0.6 is 23.1 Å². The standard InChI is InChI=1S/C8H8OS2/c9-7-2-4-11-8(7)6-1-3-10-5-6/h1,3,5,8H,2,4H2.